The number of carboxylic acids is 1. The van der Waals surface area contributed by atoms with Crippen LogP contribution in [0.15, 0.2) is 54.6 Å². The van der Waals surface area contributed by atoms with Crippen molar-refractivity contribution in [3.05, 3.63) is 71.3 Å². The van der Waals surface area contributed by atoms with E-state index in [4.69, 9.17) is 4.74 Å². The van der Waals surface area contributed by atoms with Crippen molar-refractivity contribution < 1.29 is 14.6 Å². The number of ether oxygens (including phenoxy) is 1. The predicted molar refractivity (Wildman–Crippen MR) is 108 cm³/mol. The van der Waals surface area contributed by atoms with E-state index in [9.17, 15) is 9.90 Å². The Labute approximate surface area is 162 Å². The molecule has 3 atom stereocenters. The lowest BCUT2D eigenvalue weighted by Gasteiger charge is -2.38. The maximum absolute atomic E-state index is 11.4. The molecule has 0 radical (unpaired) electrons. The van der Waals surface area contributed by atoms with E-state index in [-0.39, 0.29) is 12.0 Å². The topological polar surface area (TPSA) is 58.6 Å². The quantitative estimate of drug-likeness (QED) is 0.754. The molecule has 138 valence electrons. The zero-order valence-electron chi connectivity index (χ0n) is 14.8. The third-order valence-electron chi connectivity index (χ3n) is 5.74. The van der Waals surface area contributed by atoms with E-state index in [1.54, 1.807) is 6.07 Å². The molecule has 0 spiro atoms. The fourth-order valence-corrected chi connectivity index (χ4v) is 4.88. The number of thioether (sulfide) groups is 1. The van der Waals surface area contributed by atoms with Gasteiger partial charge in [-0.15, -0.1) is 0 Å². The molecule has 5 heteroatoms. The van der Waals surface area contributed by atoms with E-state index in [1.807, 2.05) is 30.0 Å². The van der Waals surface area contributed by atoms with Crippen LogP contribution in [0.2, 0.25) is 0 Å². The highest BCUT2D eigenvalue weighted by Crippen LogP contribution is 2.50. The van der Waals surface area contributed by atoms with Crippen molar-refractivity contribution in [3.63, 3.8) is 0 Å². The van der Waals surface area contributed by atoms with Gasteiger partial charge in [0.25, 0.3) is 0 Å². The molecule has 0 saturated carbocycles. The van der Waals surface area contributed by atoms with Crippen LogP contribution in [0.4, 0.5) is 5.69 Å². The molecular weight excluding hydrogens is 358 g/mol. The van der Waals surface area contributed by atoms with Crippen LogP contribution >= 0.6 is 11.8 Å². The maximum Gasteiger partial charge on any atom is 0.335 e. The highest BCUT2D eigenvalue weighted by atomic mass is 32.2. The van der Waals surface area contributed by atoms with Crippen LogP contribution in [-0.2, 0) is 0 Å². The normalized spacial score (nSPS) is 25.9. The third kappa shape index (κ3) is 3.00. The second-order valence-corrected chi connectivity index (χ2v) is 8.51. The molecule has 3 aliphatic rings. The van der Waals surface area contributed by atoms with Gasteiger partial charge in [-0.05, 0) is 53.8 Å². The number of carbonyl (C=O) groups is 1. The van der Waals surface area contributed by atoms with E-state index < -0.39 is 5.97 Å². The monoisotopic (exact) mass is 379 g/mol. The summed E-state index contributed by atoms with van der Waals surface area (Å²) in [4.78, 5) is 11.4. The van der Waals surface area contributed by atoms with Crippen molar-refractivity contribution in [2.75, 3.05) is 16.8 Å². The van der Waals surface area contributed by atoms with Crippen LogP contribution in [0.3, 0.4) is 0 Å². The summed E-state index contributed by atoms with van der Waals surface area (Å²) in [5.41, 5.74) is 3.69. The van der Waals surface area contributed by atoms with Gasteiger partial charge in [0.15, 0.2) is 0 Å². The average molecular weight is 379 g/mol. The zero-order chi connectivity index (χ0) is 18.4. The van der Waals surface area contributed by atoms with Crippen molar-refractivity contribution in [1.82, 2.24) is 0 Å². The van der Waals surface area contributed by atoms with Crippen molar-refractivity contribution in [1.29, 1.82) is 0 Å². The third-order valence-corrected chi connectivity index (χ3v) is 6.95. The van der Waals surface area contributed by atoms with Crippen LogP contribution in [0.25, 0.3) is 0 Å². The standard InChI is InChI=1S/C22H21NO3S/c24-22(25)14-7-8-20-19(10-14)17-5-2-6-18(17)21(23-20)13-3-1-4-15(9-13)26-16-11-27-12-16/h1-5,7-10,16-18,21,23H,6,11-12H2,(H,24,25)/t17-,18-,21+/m0/s1. The van der Waals surface area contributed by atoms with Gasteiger partial charge in [0.2, 0.25) is 0 Å². The largest absolute Gasteiger partial charge is 0.489 e. The van der Waals surface area contributed by atoms with Gasteiger partial charge >= 0.3 is 5.97 Å². The summed E-state index contributed by atoms with van der Waals surface area (Å²) in [6.07, 6.45) is 5.78. The number of aromatic carboxylic acids is 1. The van der Waals surface area contributed by atoms with Gasteiger partial charge in [-0.1, -0.05) is 24.3 Å². The Morgan fingerprint density at radius 2 is 2.07 bits per heavy atom. The highest BCUT2D eigenvalue weighted by Gasteiger charge is 2.38. The summed E-state index contributed by atoms with van der Waals surface area (Å²) < 4.78 is 6.08. The minimum atomic E-state index is -0.877. The summed E-state index contributed by atoms with van der Waals surface area (Å²) in [5.74, 6) is 2.83. The second-order valence-electron chi connectivity index (χ2n) is 7.43. The number of fused-ring (bicyclic) bond motifs is 3. The average Bonchev–Trinajstić information content (AvgIpc) is 3.14. The number of allylic oxidation sites excluding steroid dienone is 2. The Kier molecular flexibility index (Phi) is 4.12. The van der Waals surface area contributed by atoms with Gasteiger partial charge in [0, 0.05) is 23.1 Å². The van der Waals surface area contributed by atoms with Crippen molar-refractivity contribution in [2.24, 2.45) is 5.92 Å². The predicted octanol–water partition coefficient (Wildman–Crippen LogP) is 4.71. The zero-order valence-corrected chi connectivity index (χ0v) is 15.6. The minimum Gasteiger partial charge on any atom is -0.489 e. The molecule has 0 bridgehead atoms. The lowest BCUT2D eigenvalue weighted by Crippen LogP contribution is -2.31. The van der Waals surface area contributed by atoms with E-state index in [2.05, 4.69) is 35.7 Å². The molecule has 4 nitrogen and oxygen atoms in total. The van der Waals surface area contributed by atoms with Crippen molar-refractivity contribution in [2.45, 2.75) is 24.5 Å². The SMILES string of the molecule is O=C(O)c1ccc2c(c1)[C@H]1C=CC[C@@H]1[C@@H](c1cccc(OC3CSC3)c1)N2. The van der Waals surface area contributed by atoms with E-state index in [0.717, 1.165) is 34.9 Å². The van der Waals surface area contributed by atoms with Gasteiger partial charge < -0.3 is 15.2 Å². The number of carboxylic acid groups (broad SMARTS) is 1. The van der Waals surface area contributed by atoms with Crippen molar-refractivity contribution >= 4 is 23.4 Å². The van der Waals surface area contributed by atoms with Gasteiger partial charge in [0.05, 0.1) is 11.6 Å². The van der Waals surface area contributed by atoms with Crippen LogP contribution in [-0.4, -0.2) is 28.7 Å². The van der Waals surface area contributed by atoms with Gasteiger partial charge in [-0.3, -0.25) is 0 Å². The van der Waals surface area contributed by atoms with Crippen LogP contribution in [0.5, 0.6) is 5.75 Å². The smallest absolute Gasteiger partial charge is 0.335 e. The highest BCUT2D eigenvalue weighted by molar-refractivity contribution is 8.00. The number of rotatable bonds is 4. The Bertz CT molecular complexity index is 922. The Morgan fingerprint density at radius 3 is 2.85 bits per heavy atom. The van der Waals surface area contributed by atoms with Gasteiger partial charge in [-0.2, -0.15) is 11.8 Å². The van der Waals surface area contributed by atoms with Gasteiger partial charge in [-0.25, -0.2) is 4.79 Å². The molecule has 1 saturated heterocycles. The fraction of sp³-hybridized carbons (Fsp3) is 0.318. The fourth-order valence-electron chi connectivity index (χ4n) is 4.31. The molecule has 2 aromatic rings. The maximum atomic E-state index is 11.4. The number of anilines is 1. The lowest BCUT2D eigenvalue weighted by molar-refractivity contribution is 0.0696. The molecular formula is C22H21NO3S. The molecule has 27 heavy (non-hydrogen) atoms. The Balaban J connectivity index is 1.47. The summed E-state index contributed by atoms with van der Waals surface area (Å²) in [6.45, 7) is 0. The molecule has 1 fully saturated rings. The molecule has 2 heterocycles. The van der Waals surface area contributed by atoms with Crippen molar-refractivity contribution in [3.8, 4) is 5.75 Å². The van der Waals surface area contributed by atoms with Crippen LogP contribution in [0, 0.1) is 5.92 Å². The number of hydrogen-bond acceptors (Lipinski definition) is 4. The first-order chi connectivity index (χ1) is 13.2. The van der Waals surface area contributed by atoms with E-state index >= 15 is 0 Å². The minimum absolute atomic E-state index is 0.187. The van der Waals surface area contributed by atoms with Crippen LogP contribution in [0.1, 0.15) is 39.9 Å². The summed E-state index contributed by atoms with van der Waals surface area (Å²) in [6, 6.07) is 14.0. The Morgan fingerprint density at radius 1 is 1.19 bits per heavy atom. The van der Waals surface area contributed by atoms with Gasteiger partial charge in [0.1, 0.15) is 11.9 Å². The summed E-state index contributed by atoms with van der Waals surface area (Å²) in [5, 5.41) is 13.0. The molecule has 5 rings (SSSR count). The molecule has 0 aromatic heterocycles. The molecule has 0 amide bonds. The summed E-state index contributed by atoms with van der Waals surface area (Å²) >= 11 is 1.92. The lowest BCUT2D eigenvalue weighted by atomic mass is 9.76. The molecule has 2 aliphatic heterocycles. The molecule has 0 unspecified atom stereocenters. The molecule has 2 N–H and O–H groups in total. The van der Waals surface area contributed by atoms with E-state index in [1.165, 1.54) is 5.56 Å². The number of hydrogen-bond donors (Lipinski definition) is 2. The first kappa shape index (κ1) is 16.8. The van der Waals surface area contributed by atoms with E-state index in [0.29, 0.717) is 17.6 Å². The Hall–Kier alpha value is -2.40. The first-order valence-corrected chi connectivity index (χ1v) is 10.5. The van der Waals surface area contributed by atoms with Crippen LogP contribution < -0.4 is 10.1 Å². The second kappa shape index (κ2) is 6.64. The molecule has 2 aromatic carbocycles. The number of benzene rings is 2. The molecule has 1 aliphatic carbocycles. The number of nitrogens with one attached hydrogen (secondary N) is 1. The summed E-state index contributed by atoms with van der Waals surface area (Å²) in [7, 11) is 0. The first-order valence-electron chi connectivity index (χ1n) is 9.34.